The van der Waals surface area contributed by atoms with Crippen LogP contribution in [0.3, 0.4) is 0 Å². The van der Waals surface area contributed by atoms with E-state index in [9.17, 15) is 9.59 Å². The molecule has 1 atom stereocenters. The third-order valence-corrected chi connectivity index (χ3v) is 3.24. The monoisotopic (exact) mass is 247 g/mol. The molecule has 0 aromatic heterocycles. The first-order valence-electron chi connectivity index (χ1n) is 6.28. The van der Waals surface area contributed by atoms with Gasteiger partial charge < -0.3 is 5.32 Å². The second-order valence-corrected chi connectivity index (χ2v) is 5.01. The minimum atomic E-state index is -0.635. The summed E-state index contributed by atoms with van der Waals surface area (Å²) in [7, 11) is 0. The van der Waals surface area contributed by atoms with Gasteiger partial charge in [0.1, 0.15) is 0 Å². The zero-order valence-corrected chi connectivity index (χ0v) is 11.5. The molecule has 0 bridgehead atoms. The van der Waals surface area contributed by atoms with Crippen molar-refractivity contribution in [1.82, 2.24) is 5.32 Å². The van der Waals surface area contributed by atoms with Crippen LogP contribution in [-0.2, 0) is 15.0 Å². The number of hydrogen-bond acceptors (Lipinski definition) is 2. The van der Waals surface area contributed by atoms with Gasteiger partial charge >= 0.3 is 0 Å². The normalized spacial score (nSPS) is 12.9. The van der Waals surface area contributed by atoms with Gasteiger partial charge in [0.15, 0.2) is 5.78 Å². The SMILES string of the molecule is CCC(=O)C(C)NC(=O)C(C)(C)c1ccccc1. The van der Waals surface area contributed by atoms with Gasteiger partial charge in [-0.05, 0) is 26.3 Å². The number of rotatable bonds is 5. The van der Waals surface area contributed by atoms with E-state index in [-0.39, 0.29) is 11.7 Å². The zero-order valence-electron chi connectivity index (χ0n) is 11.5. The summed E-state index contributed by atoms with van der Waals surface area (Å²) in [5, 5.41) is 2.78. The van der Waals surface area contributed by atoms with Crippen LogP contribution in [0.2, 0.25) is 0 Å². The van der Waals surface area contributed by atoms with E-state index >= 15 is 0 Å². The summed E-state index contributed by atoms with van der Waals surface area (Å²) in [5.41, 5.74) is 0.308. The Morgan fingerprint density at radius 2 is 1.78 bits per heavy atom. The maximum absolute atomic E-state index is 12.2. The molecule has 18 heavy (non-hydrogen) atoms. The molecule has 1 amide bonds. The Bertz CT molecular complexity index is 423. The summed E-state index contributed by atoms with van der Waals surface area (Å²) in [5.74, 6) is -0.0739. The minimum absolute atomic E-state index is 0.0483. The van der Waals surface area contributed by atoms with Crippen LogP contribution >= 0.6 is 0 Å². The van der Waals surface area contributed by atoms with Crippen molar-refractivity contribution in [1.29, 1.82) is 0 Å². The third kappa shape index (κ3) is 3.19. The quantitative estimate of drug-likeness (QED) is 0.868. The molecule has 0 saturated carbocycles. The van der Waals surface area contributed by atoms with E-state index in [2.05, 4.69) is 5.32 Å². The summed E-state index contributed by atoms with van der Waals surface area (Å²) in [6.07, 6.45) is 0.438. The molecule has 0 aliphatic heterocycles. The Kier molecular flexibility index (Phi) is 4.65. The number of benzene rings is 1. The molecule has 1 aromatic rings. The molecule has 0 aliphatic carbocycles. The second-order valence-electron chi connectivity index (χ2n) is 5.01. The lowest BCUT2D eigenvalue weighted by molar-refractivity contribution is -0.130. The van der Waals surface area contributed by atoms with Gasteiger partial charge in [0.25, 0.3) is 0 Å². The van der Waals surface area contributed by atoms with Crippen molar-refractivity contribution in [2.45, 2.75) is 45.6 Å². The molecular weight excluding hydrogens is 226 g/mol. The van der Waals surface area contributed by atoms with Crippen LogP contribution < -0.4 is 5.32 Å². The van der Waals surface area contributed by atoms with Crippen molar-refractivity contribution in [3.05, 3.63) is 35.9 Å². The van der Waals surface area contributed by atoms with Gasteiger partial charge in [0.05, 0.1) is 11.5 Å². The number of carbonyl (C=O) groups excluding carboxylic acids is 2. The third-order valence-electron chi connectivity index (χ3n) is 3.24. The smallest absolute Gasteiger partial charge is 0.230 e. The molecule has 0 radical (unpaired) electrons. The van der Waals surface area contributed by atoms with Crippen molar-refractivity contribution >= 4 is 11.7 Å². The van der Waals surface area contributed by atoms with E-state index in [1.54, 1.807) is 13.8 Å². The highest BCUT2D eigenvalue weighted by atomic mass is 16.2. The Balaban J connectivity index is 2.80. The van der Waals surface area contributed by atoms with Gasteiger partial charge in [0, 0.05) is 6.42 Å². The molecule has 0 heterocycles. The number of Topliss-reactive ketones (excluding diaryl/α,β-unsaturated/α-hetero) is 1. The number of amides is 1. The Labute approximate surface area is 109 Å². The summed E-state index contributed by atoms with van der Waals surface area (Å²) in [4.78, 5) is 23.7. The molecule has 1 unspecified atom stereocenters. The van der Waals surface area contributed by atoms with E-state index in [0.29, 0.717) is 6.42 Å². The molecule has 1 aromatic carbocycles. The van der Waals surface area contributed by atoms with E-state index in [1.807, 2.05) is 44.2 Å². The van der Waals surface area contributed by atoms with E-state index in [1.165, 1.54) is 0 Å². The van der Waals surface area contributed by atoms with Crippen LogP contribution in [0, 0.1) is 0 Å². The first-order chi connectivity index (χ1) is 8.39. The maximum atomic E-state index is 12.2. The largest absolute Gasteiger partial charge is 0.346 e. The van der Waals surface area contributed by atoms with Gasteiger partial charge in [-0.3, -0.25) is 9.59 Å². The van der Waals surface area contributed by atoms with Crippen LogP contribution in [0.5, 0.6) is 0 Å². The Morgan fingerprint density at radius 3 is 2.28 bits per heavy atom. The van der Waals surface area contributed by atoms with Gasteiger partial charge in [-0.2, -0.15) is 0 Å². The fourth-order valence-electron chi connectivity index (χ4n) is 1.75. The van der Waals surface area contributed by atoms with Crippen LogP contribution in [0.25, 0.3) is 0 Å². The Morgan fingerprint density at radius 1 is 1.22 bits per heavy atom. The Hall–Kier alpha value is -1.64. The molecule has 3 heteroatoms. The predicted molar refractivity (Wildman–Crippen MR) is 72.4 cm³/mol. The average molecular weight is 247 g/mol. The van der Waals surface area contributed by atoms with Crippen LogP contribution in [0.4, 0.5) is 0 Å². The molecule has 0 aliphatic rings. The average Bonchev–Trinajstić information content (AvgIpc) is 2.38. The number of hydrogen-bond donors (Lipinski definition) is 1. The second kappa shape index (κ2) is 5.80. The first kappa shape index (κ1) is 14.4. The molecule has 0 spiro atoms. The van der Waals surface area contributed by atoms with E-state index in [0.717, 1.165) is 5.56 Å². The summed E-state index contributed by atoms with van der Waals surface area (Å²) < 4.78 is 0. The van der Waals surface area contributed by atoms with Crippen LogP contribution in [0.15, 0.2) is 30.3 Å². The van der Waals surface area contributed by atoms with E-state index < -0.39 is 11.5 Å². The highest BCUT2D eigenvalue weighted by Crippen LogP contribution is 2.23. The zero-order chi connectivity index (χ0) is 13.8. The van der Waals surface area contributed by atoms with Crippen molar-refractivity contribution in [2.75, 3.05) is 0 Å². The lowest BCUT2D eigenvalue weighted by Crippen LogP contribution is -2.46. The molecule has 98 valence electrons. The van der Waals surface area contributed by atoms with Crippen molar-refractivity contribution < 1.29 is 9.59 Å². The number of carbonyl (C=O) groups is 2. The minimum Gasteiger partial charge on any atom is -0.346 e. The van der Waals surface area contributed by atoms with Crippen LogP contribution in [-0.4, -0.2) is 17.7 Å². The fourth-order valence-corrected chi connectivity index (χ4v) is 1.75. The van der Waals surface area contributed by atoms with Gasteiger partial charge in [-0.1, -0.05) is 37.3 Å². The van der Waals surface area contributed by atoms with Gasteiger partial charge in [-0.15, -0.1) is 0 Å². The maximum Gasteiger partial charge on any atom is 0.230 e. The molecule has 1 rings (SSSR count). The molecule has 0 fully saturated rings. The number of ketones is 1. The van der Waals surface area contributed by atoms with Crippen molar-refractivity contribution in [3.63, 3.8) is 0 Å². The van der Waals surface area contributed by atoms with Crippen molar-refractivity contribution in [2.24, 2.45) is 0 Å². The lowest BCUT2D eigenvalue weighted by atomic mass is 9.83. The van der Waals surface area contributed by atoms with E-state index in [4.69, 9.17) is 0 Å². The molecule has 1 N–H and O–H groups in total. The van der Waals surface area contributed by atoms with Gasteiger partial charge in [0.2, 0.25) is 5.91 Å². The first-order valence-corrected chi connectivity index (χ1v) is 6.28. The molecule has 3 nitrogen and oxygen atoms in total. The molecular formula is C15H21NO2. The predicted octanol–water partition coefficient (Wildman–Crippen LogP) is 2.45. The summed E-state index contributed by atoms with van der Waals surface area (Å²) >= 11 is 0. The lowest BCUT2D eigenvalue weighted by Gasteiger charge is -2.26. The fraction of sp³-hybridized carbons (Fsp3) is 0.467. The summed E-state index contributed by atoms with van der Waals surface area (Å²) in [6.45, 7) is 7.25. The van der Waals surface area contributed by atoms with Crippen LogP contribution in [0.1, 0.15) is 39.7 Å². The van der Waals surface area contributed by atoms with Crippen molar-refractivity contribution in [3.8, 4) is 0 Å². The highest BCUT2D eigenvalue weighted by Gasteiger charge is 2.31. The highest BCUT2D eigenvalue weighted by molar-refractivity contribution is 5.93. The molecule has 0 saturated heterocycles. The topological polar surface area (TPSA) is 46.2 Å². The van der Waals surface area contributed by atoms with Gasteiger partial charge in [-0.25, -0.2) is 0 Å². The standard InChI is InChI=1S/C15H21NO2/c1-5-13(17)11(2)16-14(18)15(3,4)12-9-7-6-8-10-12/h6-11H,5H2,1-4H3,(H,16,18). The number of nitrogens with one attached hydrogen (secondary N) is 1. The summed E-state index contributed by atoms with van der Waals surface area (Å²) in [6, 6.07) is 9.15.